The Morgan fingerprint density at radius 3 is 2.50 bits per heavy atom. The summed E-state index contributed by atoms with van der Waals surface area (Å²) in [6.45, 7) is 2.98. The van der Waals surface area contributed by atoms with Crippen molar-refractivity contribution < 1.29 is 24.2 Å². The molecule has 0 aromatic heterocycles. The number of nitrogens with zero attached hydrogens (tertiary/aromatic N) is 1. The van der Waals surface area contributed by atoms with E-state index >= 15 is 0 Å². The van der Waals surface area contributed by atoms with Gasteiger partial charge in [0.1, 0.15) is 5.75 Å². The van der Waals surface area contributed by atoms with Crippen LogP contribution < -0.4 is 10.5 Å². The van der Waals surface area contributed by atoms with Crippen LogP contribution in [0, 0.1) is 11.8 Å². The monoisotopic (exact) mass is 334 g/mol. The molecule has 1 saturated heterocycles. The number of rotatable bonds is 6. The van der Waals surface area contributed by atoms with E-state index in [9.17, 15) is 14.4 Å². The number of carboxylic acid groups (broad SMARTS) is 1. The summed E-state index contributed by atoms with van der Waals surface area (Å²) in [5.41, 5.74) is 5.55. The number of carboxylic acids is 1. The zero-order valence-corrected chi connectivity index (χ0v) is 13.6. The Bertz CT molecular complexity index is 614. The molecule has 2 amide bonds. The quantitative estimate of drug-likeness (QED) is 0.810. The first-order valence-electron chi connectivity index (χ1n) is 7.90. The van der Waals surface area contributed by atoms with E-state index < -0.39 is 17.8 Å². The minimum Gasteiger partial charge on any atom is -0.493 e. The second-order valence-corrected chi connectivity index (χ2v) is 6.16. The number of carbonyl (C=O) groups excluding carboxylic acids is 2. The number of primary amides is 1. The number of benzene rings is 1. The summed E-state index contributed by atoms with van der Waals surface area (Å²) in [6.07, 6.45) is 0.776. The van der Waals surface area contributed by atoms with E-state index in [1.54, 1.807) is 29.2 Å². The third-order valence-electron chi connectivity index (χ3n) is 4.09. The number of nitrogens with two attached hydrogens (primary N) is 1. The first-order valence-corrected chi connectivity index (χ1v) is 7.90. The maximum absolute atomic E-state index is 12.2. The lowest BCUT2D eigenvalue weighted by atomic mass is 9.90. The minimum absolute atomic E-state index is 0.110. The van der Waals surface area contributed by atoms with Crippen molar-refractivity contribution in [3.63, 3.8) is 0 Å². The number of hydrogen-bond donors (Lipinski definition) is 2. The first-order chi connectivity index (χ1) is 11.4. The summed E-state index contributed by atoms with van der Waals surface area (Å²) in [5.74, 6) is -1.26. The summed E-state index contributed by atoms with van der Waals surface area (Å²) >= 11 is 0. The molecule has 1 aliphatic heterocycles. The van der Waals surface area contributed by atoms with E-state index in [0.717, 1.165) is 0 Å². The Kier molecular flexibility index (Phi) is 5.78. The van der Waals surface area contributed by atoms with Crippen LogP contribution in [0.25, 0.3) is 0 Å². The molecule has 0 radical (unpaired) electrons. The largest absolute Gasteiger partial charge is 0.493 e. The molecule has 1 aliphatic rings. The fourth-order valence-electron chi connectivity index (χ4n) is 2.86. The maximum atomic E-state index is 12.2. The van der Waals surface area contributed by atoms with Gasteiger partial charge in [0, 0.05) is 18.7 Å². The van der Waals surface area contributed by atoms with E-state index in [2.05, 4.69) is 0 Å². The summed E-state index contributed by atoms with van der Waals surface area (Å²) < 4.78 is 5.49. The van der Waals surface area contributed by atoms with E-state index in [4.69, 9.17) is 15.6 Å². The average Bonchev–Trinajstić information content (AvgIpc) is 2.54. The molecule has 0 saturated carbocycles. The molecule has 0 bridgehead atoms. The molecular formula is C17H22N2O5. The molecule has 2 unspecified atom stereocenters. The summed E-state index contributed by atoms with van der Waals surface area (Å²) in [5, 5.41) is 9.15. The van der Waals surface area contributed by atoms with E-state index in [1.165, 1.54) is 0 Å². The lowest BCUT2D eigenvalue weighted by Gasteiger charge is -2.34. The lowest BCUT2D eigenvalue weighted by Crippen LogP contribution is -2.45. The van der Waals surface area contributed by atoms with Gasteiger partial charge in [0.15, 0.2) is 0 Å². The van der Waals surface area contributed by atoms with Gasteiger partial charge < -0.3 is 20.5 Å². The lowest BCUT2D eigenvalue weighted by molar-refractivity contribution is -0.147. The van der Waals surface area contributed by atoms with Gasteiger partial charge in [-0.3, -0.25) is 14.4 Å². The number of aliphatic carboxylic acids is 1. The van der Waals surface area contributed by atoms with Crippen LogP contribution in [0.3, 0.4) is 0 Å². The molecule has 24 heavy (non-hydrogen) atoms. The number of carbonyl (C=O) groups is 3. The summed E-state index contributed by atoms with van der Waals surface area (Å²) in [6, 6.07) is 6.36. The van der Waals surface area contributed by atoms with Gasteiger partial charge in [-0.25, -0.2) is 0 Å². The molecule has 7 nitrogen and oxygen atoms in total. The molecule has 0 aliphatic carbocycles. The van der Waals surface area contributed by atoms with Gasteiger partial charge in [0.05, 0.1) is 18.9 Å². The highest BCUT2D eigenvalue weighted by molar-refractivity contribution is 5.92. The molecule has 2 atom stereocenters. The number of hydrogen-bond acceptors (Lipinski definition) is 4. The van der Waals surface area contributed by atoms with Gasteiger partial charge in [-0.05, 0) is 36.6 Å². The smallest absolute Gasteiger partial charge is 0.308 e. The van der Waals surface area contributed by atoms with Gasteiger partial charge in [-0.15, -0.1) is 0 Å². The zero-order chi connectivity index (χ0) is 17.7. The van der Waals surface area contributed by atoms with Gasteiger partial charge in [0.2, 0.25) is 11.8 Å². The van der Waals surface area contributed by atoms with Crippen LogP contribution in [0.4, 0.5) is 0 Å². The van der Waals surface area contributed by atoms with Crippen molar-refractivity contribution in [1.82, 2.24) is 4.90 Å². The molecule has 0 spiro atoms. The third kappa shape index (κ3) is 4.71. The summed E-state index contributed by atoms with van der Waals surface area (Å²) in [4.78, 5) is 36.0. The molecule has 2 rings (SSSR count). The first kappa shape index (κ1) is 17.8. The van der Waals surface area contributed by atoms with Crippen LogP contribution >= 0.6 is 0 Å². The Morgan fingerprint density at radius 2 is 1.92 bits per heavy atom. The van der Waals surface area contributed by atoms with Crippen LogP contribution in [0.1, 0.15) is 30.1 Å². The zero-order valence-electron chi connectivity index (χ0n) is 13.6. The van der Waals surface area contributed by atoms with Gasteiger partial charge in [-0.1, -0.05) is 6.92 Å². The fourth-order valence-corrected chi connectivity index (χ4v) is 2.86. The van der Waals surface area contributed by atoms with Crippen LogP contribution in [0.15, 0.2) is 24.3 Å². The van der Waals surface area contributed by atoms with Crippen molar-refractivity contribution in [3.05, 3.63) is 29.8 Å². The standard InChI is InChI=1S/C17H22N2O5/c1-11-8-13(17(22)23)10-19(9-11)15(20)6-7-24-14-4-2-12(3-5-14)16(18)21/h2-5,11,13H,6-10H2,1H3,(H2,18,21)(H,22,23). The highest BCUT2D eigenvalue weighted by Gasteiger charge is 2.31. The highest BCUT2D eigenvalue weighted by Crippen LogP contribution is 2.22. The molecule has 130 valence electrons. The molecule has 1 aromatic carbocycles. The Balaban J connectivity index is 1.82. The van der Waals surface area contributed by atoms with Crippen molar-refractivity contribution in [2.75, 3.05) is 19.7 Å². The summed E-state index contributed by atoms with van der Waals surface area (Å²) in [7, 11) is 0. The number of amides is 2. The van der Waals surface area contributed by atoms with Crippen molar-refractivity contribution in [2.45, 2.75) is 19.8 Å². The number of likely N-dealkylation sites (tertiary alicyclic amines) is 1. The fraction of sp³-hybridized carbons (Fsp3) is 0.471. The van der Waals surface area contributed by atoms with Gasteiger partial charge in [0.25, 0.3) is 0 Å². The van der Waals surface area contributed by atoms with E-state index in [-0.39, 0.29) is 31.4 Å². The van der Waals surface area contributed by atoms with Crippen molar-refractivity contribution in [2.24, 2.45) is 17.6 Å². The Hall–Kier alpha value is -2.57. The van der Waals surface area contributed by atoms with Gasteiger partial charge in [-0.2, -0.15) is 0 Å². The van der Waals surface area contributed by atoms with Crippen LogP contribution in [-0.2, 0) is 9.59 Å². The Morgan fingerprint density at radius 1 is 1.25 bits per heavy atom. The van der Waals surface area contributed by atoms with Gasteiger partial charge >= 0.3 is 5.97 Å². The van der Waals surface area contributed by atoms with Crippen LogP contribution in [-0.4, -0.2) is 47.5 Å². The predicted molar refractivity (Wildman–Crippen MR) is 86.6 cm³/mol. The minimum atomic E-state index is -0.856. The number of piperidine rings is 1. The molecule has 1 aromatic rings. The predicted octanol–water partition coefficient (Wildman–Crippen LogP) is 1.12. The van der Waals surface area contributed by atoms with E-state index in [1.807, 2.05) is 6.92 Å². The second kappa shape index (κ2) is 7.81. The molecule has 3 N–H and O–H groups in total. The van der Waals surface area contributed by atoms with Crippen molar-refractivity contribution >= 4 is 17.8 Å². The van der Waals surface area contributed by atoms with Crippen LogP contribution in [0.2, 0.25) is 0 Å². The maximum Gasteiger partial charge on any atom is 0.308 e. The normalized spacial score (nSPS) is 20.5. The SMILES string of the molecule is CC1CC(C(=O)O)CN(C(=O)CCOc2ccc(C(N)=O)cc2)C1. The molecule has 1 heterocycles. The average molecular weight is 334 g/mol. The topological polar surface area (TPSA) is 110 Å². The molecular weight excluding hydrogens is 312 g/mol. The van der Waals surface area contributed by atoms with E-state index in [0.29, 0.717) is 24.3 Å². The van der Waals surface area contributed by atoms with Crippen molar-refractivity contribution in [3.8, 4) is 5.75 Å². The third-order valence-corrected chi connectivity index (χ3v) is 4.09. The Labute approximate surface area is 140 Å². The number of ether oxygens (including phenoxy) is 1. The second-order valence-electron chi connectivity index (χ2n) is 6.16. The molecule has 1 fully saturated rings. The highest BCUT2D eigenvalue weighted by atomic mass is 16.5. The van der Waals surface area contributed by atoms with Crippen LogP contribution in [0.5, 0.6) is 5.75 Å². The molecule has 7 heteroatoms. The van der Waals surface area contributed by atoms with Crippen molar-refractivity contribution in [1.29, 1.82) is 0 Å².